The molecule has 1 aliphatic rings. The summed E-state index contributed by atoms with van der Waals surface area (Å²) in [5.41, 5.74) is 2.34. The molecule has 0 spiro atoms. The van der Waals surface area contributed by atoms with Crippen molar-refractivity contribution < 1.29 is 28.5 Å². The van der Waals surface area contributed by atoms with Crippen LogP contribution in [-0.4, -0.2) is 66.8 Å². The fraction of sp³-hybridized carbons (Fsp3) is 0.500. The maximum atomic E-state index is 11.5. The molecule has 0 saturated heterocycles. The average molecular weight is 587 g/mol. The first kappa shape index (κ1) is 33.1. The van der Waals surface area contributed by atoms with Crippen LogP contribution >= 0.6 is 0 Å². The standard InChI is InChI=1S/C32H46N2O6S/c1-26(31-19-12-17-29(25-35)32(31,36)37)34(24-28-14-5-4-6-15-28)20-8-2-3-9-21-40-22-10-7-13-27-16-11-18-30(23-27)41(33,38)39/h4-6,11-12,14-19,23,26,31,35-37H,2-3,7-10,13,20-22,24-25H2,1H3,(H2,33,38,39). The van der Waals surface area contributed by atoms with E-state index in [1.165, 1.54) is 11.6 Å². The summed E-state index contributed by atoms with van der Waals surface area (Å²) in [4.78, 5) is 2.44. The lowest BCUT2D eigenvalue weighted by molar-refractivity contribution is -0.176. The predicted molar refractivity (Wildman–Crippen MR) is 161 cm³/mol. The van der Waals surface area contributed by atoms with Crippen LogP contribution in [0, 0.1) is 5.92 Å². The monoisotopic (exact) mass is 586 g/mol. The Morgan fingerprint density at radius 1 is 0.951 bits per heavy atom. The lowest BCUT2D eigenvalue weighted by atomic mass is 9.82. The Bertz CT molecular complexity index is 1230. The van der Waals surface area contributed by atoms with E-state index in [9.17, 15) is 23.7 Å². The highest BCUT2D eigenvalue weighted by Crippen LogP contribution is 2.33. The number of nitrogens with zero attached hydrogens (tertiary/aromatic N) is 1. The van der Waals surface area contributed by atoms with Crippen LogP contribution in [-0.2, 0) is 27.7 Å². The molecular weight excluding hydrogens is 540 g/mol. The van der Waals surface area contributed by atoms with Crippen LogP contribution in [0.2, 0.25) is 0 Å². The van der Waals surface area contributed by atoms with Crippen LogP contribution in [0.25, 0.3) is 0 Å². The number of hydrogen-bond acceptors (Lipinski definition) is 7. The highest BCUT2D eigenvalue weighted by molar-refractivity contribution is 7.89. The van der Waals surface area contributed by atoms with Gasteiger partial charge in [-0.3, -0.25) is 4.90 Å². The first-order valence-electron chi connectivity index (χ1n) is 14.5. The number of hydrogen-bond donors (Lipinski definition) is 4. The van der Waals surface area contributed by atoms with Crippen molar-refractivity contribution in [3.63, 3.8) is 0 Å². The quantitative estimate of drug-likeness (QED) is 0.154. The smallest absolute Gasteiger partial charge is 0.238 e. The Labute approximate surface area is 245 Å². The zero-order valence-electron chi connectivity index (χ0n) is 24.1. The Hall–Kier alpha value is -2.37. The summed E-state index contributed by atoms with van der Waals surface area (Å²) in [6.45, 7) is 4.55. The Morgan fingerprint density at radius 3 is 2.34 bits per heavy atom. The number of ether oxygens (including phenoxy) is 1. The van der Waals surface area contributed by atoms with Gasteiger partial charge in [-0.25, -0.2) is 13.6 Å². The zero-order chi connectivity index (χ0) is 29.7. The van der Waals surface area contributed by atoms with Gasteiger partial charge in [-0.1, -0.05) is 73.5 Å². The summed E-state index contributed by atoms with van der Waals surface area (Å²) >= 11 is 0. The third kappa shape index (κ3) is 10.4. The number of allylic oxidation sites excluding steroid dienone is 2. The Balaban J connectivity index is 1.36. The molecule has 0 bridgehead atoms. The fourth-order valence-corrected chi connectivity index (χ4v) is 5.87. The molecule has 3 rings (SSSR count). The van der Waals surface area contributed by atoms with Crippen molar-refractivity contribution in [2.45, 2.75) is 75.1 Å². The van der Waals surface area contributed by atoms with Crippen molar-refractivity contribution in [1.29, 1.82) is 0 Å². The molecule has 0 heterocycles. The van der Waals surface area contributed by atoms with Crippen LogP contribution in [0.15, 0.2) is 83.3 Å². The second kappa shape index (κ2) is 16.3. The van der Waals surface area contributed by atoms with E-state index in [0.29, 0.717) is 19.8 Å². The summed E-state index contributed by atoms with van der Waals surface area (Å²) < 4.78 is 28.8. The highest BCUT2D eigenvalue weighted by Gasteiger charge is 2.42. The Kier molecular flexibility index (Phi) is 13.2. The summed E-state index contributed by atoms with van der Waals surface area (Å²) in [6, 6.07) is 16.8. The number of sulfonamides is 1. The lowest BCUT2D eigenvalue weighted by Gasteiger charge is -2.41. The van der Waals surface area contributed by atoms with E-state index in [0.717, 1.165) is 57.1 Å². The molecule has 0 aromatic heterocycles. The molecule has 2 aromatic rings. The molecule has 0 fully saturated rings. The number of primary sulfonamides is 1. The summed E-state index contributed by atoms with van der Waals surface area (Å²) in [7, 11) is -3.67. The SMILES string of the molecule is CC(C1C=CC=C(CO)C1(O)O)N(CCCCCCOCCCCc1cccc(S(N)(=O)=O)c1)Cc1ccccc1. The van der Waals surface area contributed by atoms with E-state index in [2.05, 4.69) is 17.0 Å². The second-order valence-corrected chi connectivity index (χ2v) is 12.4. The van der Waals surface area contributed by atoms with Gasteiger partial charge in [-0.15, -0.1) is 0 Å². The van der Waals surface area contributed by atoms with Gasteiger partial charge in [0.15, 0.2) is 5.79 Å². The van der Waals surface area contributed by atoms with Gasteiger partial charge in [0, 0.05) is 31.4 Å². The number of rotatable bonds is 18. The molecule has 0 radical (unpaired) electrons. The molecule has 226 valence electrons. The second-order valence-electron chi connectivity index (χ2n) is 10.9. The average Bonchev–Trinajstić information content (AvgIpc) is 2.95. The predicted octanol–water partition coefficient (Wildman–Crippen LogP) is 3.91. The molecule has 5 N–H and O–H groups in total. The topological polar surface area (TPSA) is 133 Å². The van der Waals surface area contributed by atoms with E-state index >= 15 is 0 Å². The van der Waals surface area contributed by atoms with Gasteiger partial charge < -0.3 is 20.1 Å². The molecule has 9 heteroatoms. The van der Waals surface area contributed by atoms with Crippen LogP contribution in [0.1, 0.15) is 56.6 Å². The zero-order valence-corrected chi connectivity index (χ0v) is 24.9. The van der Waals surface area contributed by atoms with Gasteiger partial charge in [-0.05, 0) is 68.8 Å². The number of aliphatic hydroxyl groups excluding tert-OH is 1. The summed E-state index contributed by atoms with van der Waals surface area (Å²) in [5.74, 6) is -2.63. The largest absolute Gasteiger partial charge is 0.392 e. The number of benzene rings is 2. The van der Waals surface area contributed by atoms with Crippen molar-refractivity contribution in [2.75, 3.05) is 26.4 Å². The van der Waals surface area contributed by atoms with Crippen molar-refractivity contribution >= 4 is 10.0 Å². The van der Waals surface area contributed by atoms with Crippen molar-refractivity contribution in [2.24, 2.45) is 11.1 Å². The maximum absolute atomic E-state index is 11.5. The van der Waals surface area contributed by atoms with Crippen LogP contribution < -0.4 is 5.14 Å². The number of nitrogens with two attached hydrogens (primary N) is 1. The third-order valence-corrected chi connectivity index (χ3v) is 8.67. The van der Waals surface area contributed by atoms with E-state index < -0.39 is 28.3 Å². The minimum atomic E-state index is -3.67. The van der Waals surface area contributed by atoms with Crippen molar-refractivity contribution in [1.82, 2.24) is 4.90 Å². The van der Waals surface area contributed by atoms with Gasteiger partial charge in [0.05, 0.1) is 17.4 Å². The molecule has 1 aliphatic carbocycles. The summed E-state index contributed by atoms with van der Waals surface area (Å²) in [6.07, 6.45) is 11.9. The van der Waals surface area contributed by atoms with Crippen LogP contribution in [0.3, 0.4) is 0 Å². The van der Waals surface area contributed by atoms with Gasteiger partial charge in [0.1, 0.15) is 0 Å². The minimum absolute atomic E-state index is 0.151. The van der Waals surface area contributed by atoms with Gasteiger partial charge >= 0.3 is 0 Å². The van der Waals surface area contributed by atoms with Gasteiger partial charge in [-0.2, -0.15) is 0 Å². The molecular formula is C32H46N2O6S. The van der Waals surface area contributed by atoms with Gasteiger partial charge in [0.2, 0.25) is 10.0 Å². The normalized spacial score (nSPS) is 17.5. The molecule has 0 saturated carbocycles. The summed E-state index contributed by atoms with van der Waals surface area (Å²) in [5, 5.41) is 36.5. The fourth-order valence-electron chi connectivity index (χ4n) is 5.29. The number of unbranched alkanes of at least 4 members (excludes halogenated alkanes) is 4. The van der Waals surface area contributed by atoms with E-state index in [1.807, 2.05) is 37.3 Å². The van der Waals surface area contributed by atoms with Gasteiger partial charge in [0.25, 0.3) is 0 Å². The third-order valence-electron chi connectivity index (χ3n) is 7.76. The number of aliphatic hydroxyl groups is 3. The molecule has 41 heavy (non-hydrogen) atoms. The first-order valence-corrected chi connectivity index (χ1v) is 16.1. The molecule has 2 atom stereocenters. The molecule has 8 nitrogen and oxygen atoms in total. The van der Waals surface area contributed by atoms with E-state index in [-0.39, 0.29) is 16.5 Å². The Morgan fingerprint density at radius 2 is 1.63 bits per heavy atom. The molecule has 0 aliphatic heterocycles. The number of aryl methyl sites for hydroxylation is 1. The molecule has 0 amide bonds. The van der Waals surface area contributed by atoms with E-state index in [4.69, 9.17) is 9.88 Å². The highest BCUT2D eigenvalue weighted by atomic mass is 32.2. The van der Waals surface area contributed by atoms with Crippen LogP contribution in [0.5, 0.6) is 0 Å². The molecule has 2 aromatic carbocycles. The minimum Gasteiger partial charge on any atom is -0.392 e. The van der Waals surface area contributed by atoms with E-state index in [1.54, 1.807) is 24.3 Å². The van der Waals surface area contributed by atoms with Crippen molar-refractivity contribution in [3.8, 4) is 0 Å². The molecule has 2 unspecified atom stereocenters. The maximum Gasteiger partial charge on any atom is 0.238 e. The van der Waals surface area contributed by atoms with Crippen molar-refractivity contribution in [3.05, 3.63) is 89.5 Å². The first-order chi connectivity index (χ1) is 19.6. The lowest BCUT2D eigenvalue weighted by Crippen LogP contribution is -2.51. The van der Waals surface area contributed by atoms with Crippen LogP contribution in [0.4, 0.5) is 0 Å².